The van der Waals surface area contributed by atoms with Gasteiger partial charge in [-0.1, -0.05) is 5.11 Å². The van der Waals surface area contributed by atoms with E-state index in [1.54, 1.807) is 0 Å². The Balaban J connectivity index is 2.30. The third-order valence-electron chi connectivity index (χ3n) is 2.57. The fourth-order valence-corrected chi connectivity index (χ4v) is 1.68. The molecule has 5 heteroatoms. The molecule has 0 aromatic heterocycles. The number of hydrogen-bond donors (Lipinski definition) is 0. The summed E-state index contributed by atoms with van der Waals surface area (Å²) in [6.07, 6.45) is 0.924. The smallest absolute Gasteiger partial charge is 0.0645 e. The van der Waals surface area contributed by atoms with E-state index in [1.165, 1.54) is 0 Å². The van der Waals surface area contributed by atoms with Crippen molar-refractivity contribution in [2.45, 2.75) is 25.8 Å². The van der Waals surface area contributed by atoms with Crippen LogP contribution in [0.25, 0.3) is 10.4 Å². The summed E-state index contributed by atoms with van der Waals surface area (Å²) in [4.78, 5) is 5.13. The van der Waals surface area contributed by atoms with Crippen molar-refractivity contribution in [3.8, 4) is 0 Å². The quantitative estimate of drug-likeness (QED) is 0.299. The van der Waals surface area contributed by atoms with Gasteiger partial charge < -0.3 is 4.74 Å². The Morgan fingerprint density at radius 2 is 2.36 bits per heavy atom. The molecule has 0 aromatic rings. The van der Waals surface area contributed by atoms with E-state index in [2.05, 4.69) is 28.8 Å². The lowest BCUT2D eigenvalue weighted by Gasteiger charge is -2.42. The van der Waals surface area contributed by atoms with E-state index in [0.717, 1.165) is 32.7 Å². The molecule has 0 saturated carbocycles. The van der Waals surface area contributed by atoms with E-state index >= 15 is 0 Å². The van der Waals surface area contributed by atoms with E-state index in [0.29, 0.717) is 6.54 Å². The Labute approximate surface area is 84.7 Å². The summed E-state index contributed by atoms with van der Waals surface area (Å²) in [6, 6.07) is 0. The van der Waals surface area contributed by atoms with E-state index in [-0.39, 0.29) is 5.54 Å². The van der Waals surface area contributed by atoms with Crippen molar-refractivity contribution < 1.29 is 4.74 Å². The zero-order valence-electron chi connectivity index (χ0n) is 8.94. The molecule has 0 aromatic carbocycles. The summed E-state index contributed by atoms with van der Waals surface area (Å²) in [6.45, 7) is 8.50. The summed E-state index contributed by atoms with van der Waals surface area (Å²) >= 11 is 0. The summed E-state index contributed by atoms with van der Waals surface area (Å²) in [5.74, 6) is 0. The minimum absolute atomic E-state index is 0.120. The lowest BCUT2D eigenvalue weighted by atomic mass is 10.0. The summed E-state index contributed by atoms with van der Waals surface area (Å²) < 4.78 is 5.42. The van der Waals surface area contributed by atoms with Crippen LogP contribution in [0.1, 0.15) is 20.3 Å². The van der Waals surface area contributed by atoms with Gasteiger partial charge in [0.05, 0.1) is 13.2 Å². The molecule has 0 spiro atoms. The van der Waals surface area contributed by atoms with E-state index < -0.39 is 0 Å². The van der Waals surface area contributed by atoms with Crippen LogP contribution >= 0.6 is 0 Å². The van der Waals surface area contributed by atoms with Gasteiger partial charge in [0.25, 0.3) is 0 Å². The molecule has 1 fully saturated rings. The normalized spacial score (nSPS) is 21.6. The van der Waals surface area contributed by atoms with Crippen LogP contribution in [-0.2, 0) is 4.74 Å². The van der Waals surface area contributed by atoms with Crippen molar-refractivity contribution >= 4 is 0 Å². The molecule has 5 nitrogen and oxygen atoms in total. The Morgan fingerprint density at radius 3 is 3.00 bits per heavy atom. The molecule has 0 atom stereocenters. The number of hydrogen-bond acceptors (Lipinski definition) is 3. The van der Waals surface area contributed by atoms with Crippen LogP contribution in [0, 0.1) is 0 Å². The van der Waals surface area contributed by atoms with Crippen molar-refractivity contribution in [3.05, 3.63) is 10.4 Å². The Hall–Kier alpha value is -0.770. The maximum absolute atomic E-state index is 8.13. The fourth-order valence-electron chi connectivity index (χ4n) is 1.68. The lowest BCUT2D eigenvalue weighted by molar-refractivity contribution is -0.0508. The number of azide groups is 1. The standard InChI is InChI=1S/C9H18N4O/c1-9(2)8-14-7-6-13(9)5-3-4-11-12-10/h3-8H2,1-2H3. The third kappa shape index (κ3) is 3.18. The summed E-state index contributed by atoms with van der Waals surface area (Å²) in [5, 5.41) is 3.53. The topological polar surface area (TPSA) is 61.2 Å². The predicted molar refractivity (Wildman–Crippen MR) is 55.1 cm³/mol. The van der Waals surface area contributed by atoms with Gasteiger partial charge in [0.15, 0.2) is 0 Å². The first-order chi connectivity index (χ1) is 6.67. The largest absolute Gasteiger partial charge is 0.378 e. The van der Waals surface area contributed by atoms with Gasteiger partial charge in [-0.3, -0.25) is 4.90 Å². The number of nitrogens with zero attached hydrogens (tertiary/aromatic N) is 4. The van der Waals surface area contributed by atoms with Crippen molar-refractivity contribution in [1.29, 1.82) is 0 Å². The minimum atomic E-state index is 0.120. The summed E-state index contributed by atoms with van der Waals surface area (Å²) in [7, 11) is 0. The van der Waals surface area contributed by atoms with E-state index in [9.17, 15) is 0 Å². The molecule has 0 amide bonds. The van der Waals surface area contributed by atoms with Gasteiger partial charge in [0.1, 0.15) is 0 Å². The second-order valence-electron chi connectivity index (χ2n) is 4.16. The van der Waals surface area contributed by atoms with Gasteiger partial charge in [-0.15, -0.1) is 0 Å². The van der Waals surface area contributed by atoms with Crippen LogP contribution in [0.2, 0.25) is 0 Å². The monoisotopic (exact) mass is 198 g/mol. The molecule has 1 aliphatic heterocycles. The van der Waals surface area contributed by atoms with Crippen LogP contribution < -0.4 is 0 Å². The molecule has 1 rings (SSSR count). The minimum Gasteiger partial charge on any atom is -0.378 e. The molecule has 14 heavy (non-hydrogen) atoms. The maximum atomic E-state index is 8.13. The first-order valence-electron chi connectivity index (χ1n) is 5.00. The molecule has 80 valence electrons. The Kier molecular flexibility index (Phi) is 4.20. The molecule has 0 bridgehead atoms. The average molecular weight is 198 g/mol. The number of ether oxygens (including phenoxy) is 1. The molecule has 0 aliphatic carbocycles. The molecular weight excluding hydrogens is 180 g/mol. The van der Waals surface area contributed by atoms with Crippen LogP contribution in [0.15, 0.2) is 5.11 Å². The molecule has 0 unspecified atom stereocenters. The highest BCUT2D eigenvalue weighted by Crippen LogP contribution is 2.18. The van der Waals surface area contributed by atoms with Crippen molar-refractivity contribution in [1.82, 2.24) is 4.90 Å². The molecule has 1 aliphatic rings. The van der Waals surface area contributed by atoms with Gasteiger partial charge in [0.2, 0.25) is 0 Å². The first-order valence-corrected chi connectivity index (χ1v) is 5.00. The SMILES string of the molecule is CC1(C)COCCN1CCCN=[N+]=[N-]. The van der Waals surface area contributed by atoms with Gasteiger partial charge in [-0.05, 0) is 32.3 Å². The van der Waals surface area contributed by atoms with Crippen LogP contribution in [0.4, 0.5) is 0 Å². The van der Waals surface area contributed by atoms with E-state index in [4.69, 9.17) is 10.3 Å². The number of morpholine rings is 1. The van der Waals surface area contributed by atoms with Crippen LogP contribution in [-0.4, -0.2) is 43.3 Å². The zero-order chi connectivity index (χ0) is 10.4. The Morgan fingerprint density at radius 1 is 1.57 bits per heavy atom. The van der Waals surface area contributed by atoms with E-state index in [1.807, 2.05) is 0 Å². The molecule has 1 saturated heterocycles. The highest BCUT2D eigenvalue weighted by molar-refractivity contribution is 4.84. The molecular formula is C9H18N4O. The van der Waals surface area contributed by atoms with Gasteiger partial charge in [0, 0.05) is 23.5 Å². The number of rotatable bonds is 4. The average Bonchev–Trinajstić information content (AvgIpc) is 2.14. The van der Waals surface area contributed by atoms with Crippen molar-refractivity contribution in [3.63, 3.8) is 0 Å². The third-order valence-corrected chi connectivity index (χ3v) is 2.57. The Bertz CT molecular complexity index is 223. The second kappa shape index (κ2) is 5.20. The van der Waals surface area contributed by atoms with Crippen LogP contribution in [0.3, 0.4) is 0 Å². The van der Waals surface area contributed by atoms with Gasteiger partial charge in [-0.25, -0.2) is 0 Å². The maximum Gasteiger partial charge on any atom is 0.0645 e. The van der Waals surface area contributed by atoms with Gasteiger partial charge >= 0.3 is 0 Å². The van der Waals surface area contributed by atoms with Gasteiger partial charge in [-0.2, -0.15) is 0 Å². The zero-order valence-corrected chi connectivity index (χ0v) is 8.94. The molecule has 1 heterocycles. The highest BCUT2D eigenvalue weighted by atomic mass is 16.5. The van der Waals surface area contributed by atoms with Crippen molar-refractivity contribution in [2.24, 2.45) is 5.11 Å². The molecule has 0 radical (unpaired) electrons. The van der Waals surface area contributed by atoms with Crippen LogP contribution in [0.5, 0.6) is 0 Å². The lowest BCUT2D eigenvalue weighted by Crippen LogP contribution is -2.53. The van der Waals surface area contributed by atoms with Crippen molar-refractivity contribution in [2.75, 3.05) is 32.8 Å². The first kappa shape index (κ1) is 11.3. The predicted octanol–water partition coefficient (Wildman–Crippen LogP) is 1.80. The molecule has 0 N–H and O–H groups in total. The fraction of sp³-hybridized carbons (Fsp3) is 1.00. The second-order valence-corrected chi connectivity index (χ2v) is 4.16. The summed E-state index contributed by atoms with van der Waals surface area (Å²) in [5.41, 5.74) is 8.25. The highest BCUT2D eigenvalue weighted by Gasteiger charge is 2.29.